The van der Waals surface area contributed by atoms with Gasteiger partial charge >= 0.3 is 0 Å². The van der Waals surface area contributed by atoms with Crippen LogP contribution in [0.15, 0.2) is 24.3 Å². The number of rotatable bonds is 3. The van der Waals surface area contributed by atoms with Crippen molar-refractivity contribution in [3.05, 3.63) is 40.7 Å². The molecule has 4 heteroatoms. The molecule has 0 atom stereocenters. The van der Waals surface area contributed by atoms with Crippen molar-refractivity contribution in [2.75, 3.05) is 0 Å². The van der Waals surface area contributed by atoms with Crippen LogP contribution in [-0.4, -0.2) is 11.9 Å². The molecule has 1 fully saturated rings. The maximum absolute atomic E-state index is 12.8. The van der Waals surface area contributed by atoms with Crippen LogP contribution in [0.1, 0.15) is 18.4 Å². The first-order valence-corrected chi connectivity index (χ1v) is 5.46. The minimum atomic E-state index is -0.457. The molecule has 1 N–H and O–H groups in total. The third-order valence-electron chi connectivity index (χ3n) is 2.29. The average molecular weight is 240 g/mol. The van der Waals surface area contributed by atoms with Crippen molar-refractivity contribution >= 4 is 23.6 Å². The molecule has 16 heavy (non-hydrogen) atoms. The van der Waals surface area contributed by atoms with Crippen molar-refractivity contribution in [1.82, 2.24) is 5.32 Å². The van der Waals surface area contributed by atoms with Crippen LogP contribution in [0.5, 0.6) is 0 Å². The Kier molecular flexibility index (Phi) is 3.25. The number of carbonyl (C=O) groups excluding carboxylic acids is 1. The van der Waals surface area contributed by atoms with E-state index in [0.717, 1.165) is 12.8 Å². The van der Waals surface area contributed by atoms with Crippen LogP contribution in [-0.2, 0) is 4.79 Å². The summed E-state index contributed by atoms with van der Waals surface area (Å²) in [7, 11) is 0. The van der Waals surface area contributed by atoms with Crippen molar-refractivity contribution in [3.8, 4) is 0 Å². The van der Waals surface area contributed by atoms with Crippen molar-refractivity contribution < 1.29 is 9.18 Å². The van der Waals surface area contributed by atoms with Gasteiger partial charge in [-0.1, -0.05) is 17.7 Å². The molecule has 0 unspecified atom stereocenters. The second-order valence-electron chi connectivity index (χ2n) is 3.79. The van der Waals surface area contributed by atoms with Gasteiger partial charge in [0.05, 0.1) is 5.02 Å². The highest BCUT2D eigenvalue weighted by Crippen LogP contribution is 2.19. The zero-order valence-electron chi connectivity index (χ0n) is 8.54. The predicted octanol–water partition coefficient (Wildman–Crippen LogP) is 2.77. The lowest BCUT2D eigenvalue weighted by atomic mass is 10.2. The van der Waals surface area contributed by atoms with E-state index in [0.29, 0.717) is 11.6 Å². The van der Waals surface area contributed by atoms with Gasteiger partial charge in [-0.3, -0.25) is 4.79 Å². The van der Waals surface area contributed by atoms with Crippen LogP contribution in [0.3, 0.4) is 0 Å². The summed E-state index contributed by atoms with van der Waals surface area (Å²) in [4.78, 5) is 11.3. The third-order valence-corrected chi connectivity index (χ3v) is 2.58. The van der Waals surface area contributed by atoms with E-state index < -0.39 is 5.82 Å². The van der Waals surface area contributed by atoms with Gasteiger partial charge in [0.15, 0.2) is 0 Å². The molecule has 0 heterocycles. The van der Waals surface area contributed by atoms with Crippen LogP contribution in [0, 0.1) is 5.82 Å². The summed E-state index contributed by atoms with van der Waals surface area (Å²) in [6.45, 7) is 0. The molecule has 1 amide bonds. The maximum atomic E-state index is 12.8. The molecule has 0 saturated heterocycles. The number of carbonyl (C=O) groups is 1. The Morgan fingerprint density at radius 3 is 2.88 bits per heavy atom. The molecule has 1 aromatic rings. The van der Waals surface area contributed by atoms with Crippen molar-refractivity contribution in [2.24, 2.45) is 0 Å². The van der Waals surface area contributed by atoms with Crippen LogP contribution in [0.4, 0.5) is 4.39 Å². The largest absolute Gasteiger partial charge is 0.350 e. The quantitative estimate of drug-likeness (QED) is 0.808. The Hall–Kier alpha value is -1.35. The molecule has 1 aliphatic rings. The molecular weight excluding hydrogens is 229 g/mol. The molecule has 2 rings (SSSR count). The Balaban J connectivity index is 1.98. The van der Waals surface area contributed by atoms with Crippen molar-refractivity contribution in [3.63, 3.8) is 0 Å². The molecule has 0 radical (unpaired) electrons. The molecule has 1 aliphatic carbocycles. The van der Waals surface area contributed by atoms with Gasteiger partial charge in [-0.15, -0.1) is 0 Å². The standard InChI is InChI=1S/C12H11ClFNO/c13-10-7-8(1-5-11(10)14)2-6-12(16)15-9-3-4-9/h1-2,5-7,9H,3-4H2,(H,15,16)/b6-2+. The summed E-state index contributed by atoms with van der Waals surface area (Å²) >= 11 is 5.61. The molecule has 2 nitrogen and oxygen atoms in total. The summed E-state index contributed by atoms with van der Waals surface area (Å²) in [6, 6.07) is 4.68. The normalized spacial score (nSPS) is 15.4. The van der Waals surface area contributed by atoms with Crippen LogP contribution >= 0.6 is 11.6 Å². The van der Waals surface area contributed by atoms with Crippen molar-refractivity contribution in [2.45, 2.75) is 18.9 Å². The Bertz CT molecular complexity index is 441. The van der Waals surface area contributed by atoms with Gasteiger partial charge in [-0.05, 0) is 36.6 Å². The first-order chi connectivity index (χ1) is 7.65. The van der Waals surface area contributed by atoms with E-state index in [-0.39, 0.29) is 10.9 Å². The van der Waals surface area contributed by atoms with Gasteiger partial charge < -0.3 is 5.32 Å². The smallest absolute Gasteiger partial charge is 0.244 e. The second-order valence-corrected chi connectivity index (χ2v) is 4.20. The monoisotopic (exact) mass is 239 g/mol. The Morgan fingerprint density at radius 2 is 2.25 bits per heavy atom. The third kappa shape index (κ3) is 3.07. The minimum absolute atomic E-state index is 0.0600. The molecule has 0 spiro atoms. The van der Waals surface area contributed by atoms with E-state index in [2.05, 4.69) is 5.32 Å². The van der Waals surface area contributed by atoms with Crippen LogP contribution in [0.25, 0.3) is 6.08 Å². The fourth-order valence-electron chi connectivity index (χ4n) is 1.26. The van der Waals surface area contributed by atoms with Gasteiger partial charge in [-0.2, -0.15) is 0 Å². The first-order valence-electron chi connectivity index (χ1n) is 5.09. The SMILES string of the molecule is O=C(/C=C/c1ccc(F)c(Cl)c1)NC1CC1. The number of hydrogen-bond donors (Lipinski definition) is 1. The van der Waals surface area contributed by atoms with Crippen LogP contribution < -0.4 is 5.32 Å². The maximum Gasteiger partial charge on any atom is 0.244 e. The molecule has 0 aromatic heterocycles. The molecular formula is C12H11ClFNO. The number of hydrogen-bond acceptors (Lipinski definition) is 1. The highest BCUT2D eigenvalue weighted by Gasteiger charge is 2.21. The molecule has 84 valence electrons. The summed E-state index contributed by atoms with van der Waals surface area (Å²) in [6.07, 6.45) is 5.16. The summed E-state index contributed by atoms with van der Waals surface area (Å²) in [5.41, 5.74) is 0.706. The van der Waals surface area contributed by atoms with Gasteiger partial charge in [0.25, 0.3) is 0 Å². The lowest BCUT2D eigenvalue weighted by Crippen LogP contribution is -2.22. The van der Waals surface area contributed by atoms with E-state index in [9.17, 15) is 9.18 Å². The summed E-state index contributed by atoms with van der Waals surface area (Å²) in [5, 5.41) is 2.88. The van der Waals surface area contributed by atoms with E-state index in [1.807, 2.05) is 0 Å². The van der Waals surface area contributed by atoms with Crippen molar-refractivity contribution in [1.29, 1.82) is 0 Å². The van der Waals surface area contributed by atoms with Gasteiger partial charge in [0, 0.05) is 12.1 Å². The number of amides is 1. The fraction of sp³-hybridized carbons (Fsp3) is 0.250. The summed E-state index contributed by atoms with van der Waals surface area (Å²) in [5.74, 6) is -0.579. The number of halogens is 2. The highest BCUT2D eigenvalue weighted by atomic mass is 35.5. The van der Waals surface area contributed by atoms with E-state index in [4.69, 9.17) is 11.6 Å². The van der Waals surface area contributed by atoms with Gasteiger partial charge in [0.2, 0.25) is 5.91 Å². The summed E-state index contributed by atoms with van der Waals surface area (Å²) < 4.78 is 12.8. The molecule has 1 saturated carbocycles. The average Bonchev–Trinajstić information content (AvgIpc) is 3.04. The first kappa shape index (κ1) is 11.1. The predicted molar refractivity (Wildman–Crippen MR) is 61.6 cm³/mol. The second kappa shape index (κ2) is 4.66. The lowest BCUT2D eigenvalue weighted by Gasteiger charge is -1.98. The highest BCUT2D eigenvalue weighted by molar-refractivity contribution is 6.30. The zero-order valence-corrected chi connectivity index (χ0v) is 9.30. The molecule has 0 bridgehead atoms. The Morgan fingerprint density at radius 1 is 1.50 bits per heavy atom. The number of nitrogens with one attached hydrogen (secondary N) is 1. The van der Waals surface area contributed by atoms with Gasteiger partial charge in [-0.25, -0.2) is 4.39 Å². The van der Waals surface area contributed by atoms with E-state index in [1.54, 1.807) is 12.1 Å². The zero-order chi connectivity index (χ0) is 11.5. The lowest BCUT2D eigenvalue weighted by molar-refractivity contribution is -0.116. The number of benzene rings is 1. The molecule has 1 aromatic carbocycles. The van der Waals surface area contributed by atoms with E-state index in [1.165, 1.54) is 18.2 Å². The van der Waals surface area contributed by atoms with Gasteiger partial charge in [0.1, 0.15) is 5.82 Å². The molecule has 0 aliphatic heterocycles. The minimum Gasteiger partial charge on any atom is -0.350 e. The fourth-order valence-corrected chi connectivity index (χ4v) is 1.45. The Labute approximate surface area is 98.1 Å². The topological polar surface area (TPSA) is 29.1 Å². The van der Waals surface area contributed by atoms with E-state index >= 15 is 0 Å². The van der Waals surface area contributed by atoms with Crippen LogP contribution in [0.2, 0.25) is 5.02 Å².